The van der Waals surface area contributed by atoms with Crippen molar-refractivity contribution in [1.82, 2.24) is 0 Å². The smallest absolute Gasteiger partial charge is 0.00206 e. The summed E-state index contributed by atoms with van der Waals surface area (Å²) < 4.78 is 0. The average Bonchev–Trinajstić information content (AvgIpc) is 3.23. The number of hydrogen-bond acceptors (Lipinski definition) is 0. The SMILES string of the molecule is c1ccc(-c2cccc3c(-c4ccc(-c5ccc(-c6cc7ccccc7c7c(-c8ccccc8)cccc67)cc5)cc4)cc4ccccc4c23)cc1. The number of benzene rings is 10. The van der Waals surface area contributed by atoms with Crippen molar-refractivity contribution in [3.8, 4) is 55.6 Å². The first-order chi connectivity index (χ1) is 25.8. The molecule has 0 aliphatic carbocycles. The first-order valence-corrected chi connectivity index (χ1v) is 18.0. The molecule has 10 aromatic carbocycles. The summed E-state index contributed by atoms with van der Waals surface area (Å²) >= 11 is 0. The van der Waals surface area contributed by atoms with Crippen LogP contribution in [-0.2, 0) is 0 Å². The summed E-state index contributed by atoms with van der Waals surface area (Å²) in [5.41, 5.74) is 12.4. The molecule has 0 aliphatic rings. The van der Waals surface area contributed by atoms with E-state index in [2.05, 4.69) is 206 Å². The maximum absolute atomic E-state index is 2.35. The van der Waals surface area contributed by atoms with Crippen molar-refractivity contribution < 1.29 is 0 Å². The molecule has 0 heterocycles. The monoisotopic (exact) mass is 658 g/mol. The van der Waals surface area contributed by atoms with E-state index in [4.69, 9.17) is 0 Å². The predicted octanol–water partition coefficient (Wildman–Crippen LogP) is 14.6. The lowest BCUT2D eigenvalue weighted by Crippen LogP contribution is -1.89. The van der Waals surface area contributed by atoms with Crippen molar-refractivity contribution >= 4 is 43.1 Å². The fraction of sp³-hybridized carbons (Fsp3) is 0. The van der Waals surface area contributed by atoms with Gasteiger partial charge in [0.1, 0.15) is 0 Å². The molecule has 0 amide bonds. The molecule has 0 fully saturated rings. The molecule has 0 heteroatoms. The molecule has 0 bridgehead atoms. The Morgan fingerprint density at radius 1 is 0.192 bits per heavy atom. The first-order valence-electron chi connectivity index (χ1n) is 18.0. The Bertz CT molecular complexity index is 2700. The van der Waals surface area contributed by atoms with Crippen LogP contribution in [0.5, 0.6) is 0 Å². The minimum atomic E-state index is 1.21. The highest BCUT2D eigenvalue weighted by Gasteiger charge is 2.15. The molecular weight excluding hydrogens is 625 g/mol. The van der Waals surface area contributed by atoms with E-state index in [1.54, 1.807) is 0 Å². The number of fused-ring (bicyclic) bond motifs is 6. The molecule has 10 aromatic rings. The molecule has 242 valence electrons. The van der Waals surface area contributed by atoms with Crippen molar-refractivity contribution in [3.05, 3.63) is 206 Å². The van der Waals surface area contributed by atoms with Crippen molar-refractivity contribution in [2.24, 2.45) is 0 Å². The second kappa shape index (κ2) is 12.5. The molecule has 0 unspecified atom stereocenters. The van der Waals surface area contributed by atoms with Crippen LogP contribution in [-0.4, -0.2) is 0 Å². The van der Waals surface area contributed by atoms with Gasteiger partial charge in [-0.2, -0.15) is 0 Å². The van der Waals surface area contributed by atoms with Crippen LogP contribution in [0.1, 0.15) is 0 Å². The zero-order valence-corrected chi connectivity index (χ0v) is 28.6. The third kappa shape index (κ3) is 5.08. The van der Waals surface area contributed by atoms with E-state index in [1.165, 1.54) is 98.7 Å². The van der Waals surface area contributed by atoms with E-state index in [0.29, 0.717) is 0 Å². The van der Waals surface area contributed by atoms with Gasteiger partial charge < -0.3 is 0 Å². The van der Waals surface area contributed by atoms with Gasteiger partial charge in [0.05, 0.1) is 0 Å². The Balaban J connectivity index is 1.05. The van der Waals surface area contributed by atoms with Crippen LogP contribution in [0.25, 0.3) is 98.7 Å². The largest absolute Gasteiger partial charge is 0.0622 e. The second-order valence-corrected chi connectivity index (χ2v) is 13.6. The summed E-state index contributed by atoms with van der Waals surface area (Å²) in [4.78, 5) is 0. The summed E-state index contributed by atoms with van der Waals surface area (Å²) in [5, 5.41) is 10.2. The van der Waals surface area contributed by atoms with Gasteiger partial charge in [-0.1, -0.05) is 194 Å². The Kier molecular flexibility index (Phi) is 7.25. The number of rotatable bonds is 5. The summed E-state index contributed by atoms with van der Waals surface area (Å²) in [6.07, 6.45) is 0. The summed E-state index contributed by atoms with van der Waals surface area (Å²) in [6, 6.07) is 75.4. The van der Waals surface area contributed by atoms with E-state index in [9.17, 15) is 0 Å². The summed E-state index contributed by atoms with van der Waals surface area (Å²) in [7, 11) is 0. The fourth-order valence-corrected chi connectivity index (χ4v) is 8.18. The highest BCUT2D eigenvalue weighted by molar-refractivity contribution is 6.20. The molecule has 0 N–H and O–H groups in total. The van der Waals surface area contributed by atoms with Crippen LogP contribution < -0.4 is 0 Å². The van der Waals surface area contributed by atoms with E-state index in [-0.39, 0.29) is 0 Å². The molecule has 0 nitrogen and oxygen atoms in total. The average molecular weight is 659 g/mol. The van der Waals surface area contributed by atoms with Crippen LogP contribution in [0.4, 0.5) is 0 Å². The zero-order chi connectivity index (χ0) is 34.4. The van der Waals surface area contributed by atoms with Crippen LogP contribution >= 0.6 is 0 Å². The van der Waals surface area contributed by atoms with E-state index in [0.717, 1.165) is 0 Å². The molecule has 0 atom stereocenters. The van der Waals surface area contributed by atoms with Crippen LogP contribution in [0.2, 0.25) is 0 Å². The number of hydrogen-bond donors (Lipinski definition) is 0. The quantitative estimate of drug-likeness (QED) is 0.161. The predicted molar refractivity (Wildman–Crippen MR) is 224 cm³/mol. The fourth-order valence-electron chi connectivity index (χ4n) is 8.18. The first kappa shape index (κ1) is 30.1. The summed E-state index contributed by atoms with van der Waals surface area (Å²) in [6.45, 7) is 0. The van der Waals surface area contributed by atoms with Crippen molar-refractivity contribution in [3.63, 3.8) is 0 Å². The van der Waals surface area contributed by atoms with Gasteiger partial charge in [-0.25, -0.2) is 0 Å². The Labute approximate surface area is 303 Å². The molecule has 10 rings (SSSR count). The third-order valence-corrected chi connectivity index (χ3v) is 10.7. The molecule has 0 radical (unpaired) electrons. The molecular formula is C52H34. The van der Waals surface area contributed by atoms with E-state index in [1.807, 2.05) is 0 Å². The van der Waals surface area contributed by atoms with E-state index < -0.39 is 0 Å². The second-order valence-electron chi connectivity index (χ2n) is 13.6. The lowest BCUT2D eigenvalue weighted by Gasteiger charge is -2.16. The van der Waals surface area contributed by atoms with Gasteiger partial charge in [0.15, 0.2) is 0 Å². The van der Waals surface area contributed by atoms with E-state index >= 15 is 0 Å². The van der Waals surface area contributed by atoms with Gasteiger partial charge in [-0.3, -0.25) is 0 Å². The van der Waals surface area contributed by atoms with Gasteiger partial charge in [0, 0.05) is 0 Å². The van der Waals surface area contributed by atoms with Gasteiger partial charge in [-0.15, -0.1) is 0 Å². The van der Waals surface area contributed by atoms with Gasteiger partial charge in [0.25, 0.3) is 0 Å². The van der Waals surface area contributed by atoms with Crippen LogP contribution in [0.3, 0.4) is 0 Å². The summed E-state index contributed by atoms with van der Waals surface area (Å²) in [5.74, 6) is 0. The minimum absolute atomic E-state index is 1.21. The Morgan fingerprint density at radius 2 is 0.519 bits per heavy atom. The Morgan fingerprint density at radius 3 is 0.942 bits per heavy atom. The van der Waals surface area contributed by atoms with Crippen LogP contribution in [0.15, 0.2) is 206 Å². The van der Waals surface area contributed by atoms with Crippen molar-refractivity contribution in [2.45, 2.75) is 0 Å². The topological polar surface area (TPSA) is 0 Å². The third-order valence-electron chi connectivity index (χ3n) is 10.7. The van der Waals surface area contributed by atoms with Gasteiger partial charge >= 0.3 is 0 Å². The molecule has 0 aliphatic heterocycles. The molecule has 0 saturated carbocycles. The maximum atomic E-state index is 2.35. The van der Waals surface area contributed by atoms with Crippen molar-refractivity contribution in [2.75, 3.05) is 0 Å². The normalized spacial score (nSPS) is 11.5. The molecule has 0 saturated heterocycles. The molecule has 0 spiro atoms. The Hall–Kier alpha value is -6.76. The lowest BCUT2D eigenvalue weighted by molar-refractivity contribution is 1.60. The molecule has 0 aromatic heterocycles. The standard InChI is InChI=1S/C52H34/c1-3-13-37(14-4-1)43-21-11-23-47-49(33-41-17-7-9-19-45(41)51(43)47)39-29-25-35(26-30-39)36-27-31-40(32-28-36)50-34-42-18-8-10-20-46(42)52-44(22-12-24-48(50)52)38-15-5-2-6-16-38/h1-34H. The maximum Gasteiger partial charge on any atom is -0.00206 e. The van der Waals surface area contributed by atoms with Crippen molar-refractivity contribution in [1.29, 1.82) is 0 Å². The highest BCUT2D eigenvalue weighted by Crippen LogP contribution is 2.42. The van der Waals surface area contributed by atoms with Gasteiger partial charge in [-0.05, 0) is 111 Å². The lowest BCUT2D eigenvalue weighted by atomic mass is 9.88. The highest BCUT2D eigenvalue weighted by atomic mass is 14.2. The minimum Gasteiger partial charge on any atom is -0.0622 e. The van der Waals surface area contributed by atoms with Crippen LogP contribution in [0, 0.1) is 0 Å². The molecule has 52 heavy (non-hydrogen) atoms. The van der Waals surface area contributed by atoms with Gasteiger partial charge in [0.2, 0.25) is 0 Å². The zero-order valence-electron chi connectivity index (χ0n) is 28.6.